The number of halogens is 1. The van der Waals surface area contributed by atoms with Crippen LogP contribution in [0.1, 0.15) is 26.6 Å². The summed E-state index contributed by atoms with van der Waals surface area (Å²) >= 11 is 5.91. The van der Waals surface area contributed by atoms with Crippen molar-refractivity contribution in [2.45, 2.75) is 32.9 Å². The third kappa shape index (κ3) is 4.95. The number of aromatic nitrogens is 3. The van der Waals surface area contributed by atoms with E-state index in [0.29, 0.717) is 30.5 Å². The maximum Gasteiger partial charge on any atom is 0.410 e. The largest absolute Gasteiger partial charge is 0.444 e. The lowest BCUT2D eigenvalue weighted by Crippen LogP contribution is -2.49. The standard InChI is InChI=1S/C18H24ClN5O2/c1-18(2,3)26-17(25)24-10-8-23(9-11-24)12-15-20-16(22-21-15)13-4-6-14(19)7-5-13/h4-7H,8-12H2,1-3H3,(H,20,21,22). The van der Waals surface area contributed by atoms with Crippen LogP contribution in [-0.2, 0) is 11.3 Å². The predicted molar refractivity (Wildman–Crippen MR) is 99.9 cm³/mol. The second kappa shape index (κ2) is 7.63. The number of H-pyrrole nitrogens is 1. The number of nitrogens with one attached hydrogen (secondary N) is 1. The summed E-state index contributed by atoms with van der Waals surface area (Å²) in [5, 5.41) is 7.95. The van der Waals surface area contributed by atoms with Crippen molar-refractivity contribution in [1.82, 2.24) is 25.0 Å². The molecule has 0 atom stereocenters. The molecule has 1 fully saturated rings. The lowest BCUT2D eigenvalue weighted by molar-refractivity contribution is 0.0137. The summed E-state index contributed by atoms with van der Waals surface area (Å²) < 4.78 is 5.42. The van der Waals surface area contributed by atoms with Gasteiger partial charge in [-0.15, -0.1) is 0 Å². The molecule has 0 aliphatic carbocycles. The van der Waals surface area contributed by atoms with Gasteiger partial charge in [-0.25, -0.2) is 9.78 Å². The smallest absolute Gasteiger partial charge is 0.410 e. The van der Waals surface area contributed by atoms with Gasteiger partial charge in [0.2, 0.25) is 0 Å². The zero-order valence-corrected chi connectivity index (χ0v) is 16.1. The van der Waals surface area contributed by atoms with Gasteiger partial charge in [-0.1, -0.05) is 11.6 Å². The Morgan fingerprint density at radius 3 is 2.46 bits per heavy atom. The summed E-state index contributed by atoms with van der Waals surface area (Å²) in [6.45, 7) is 9.14. The fourth-order valence-electron chi connectivity index (χ4n) is 2.72. The molecule has 2 heterocycles. The quantitative estimate of drug-likeness (QED) is 0.889. The monoisotopic (exact) mass is 377 g/mol. The Bertz CT molecular complexity index is 746. The highest BCUT2D eigenvalue weighted by atomic mass is 35.5. The van der Waals surface area contributed by atoms with Gasteiger partial charge >= 0.3 is 6.09 Å². The first-order chi connectivity index (χ1) is 12.3. The molecule has 1 amide bonds. The highest BCUT2D eigenvalue weighted by Gasteiger charge is 2.26. The lowest BCUT2D eigenvalue weighted by Gasteiger charge is -2.35. The van der Waals surface area contributed by atoms with E-state index in [1.165, 1.54) is 0 Å². The zero-order chi connectivity index (χ0) is 18.7. The minimum atomic E-state index is -0.466. The Morgan fingerprint density at radius 2 is 1.85 bits per heavy atom. The van der Waals surface area contributed by atoms with Gasteiger partial charge in [0, 0.05) is 36.8 Å². The van der Waals surface area contributed by atoms with E-state index in [2.05, 4.69) is 20.1 Å². The summed E-state index contributed by atoms with van der Waals surface area (Å²) in [7, 11) is 0. The maximum atomic E-state index is 12.1. The molecule has 8 heteroatoms. The Balaban J connectivity index is 1.52. The van der Waals surface area contributed by atoms with Crippen molar-refractivity contribution in [1.29, 1.82) is 0 Å². The van der Waals surface area contributed by atoms with E-state index in [4.69, 9.17) is 16.3 Å². The second-order valence-corrected chi connectivity index (χ2v) is 7.79. The molecule has 1 aromatic carbocycles. The van der Waals surface area contributed by atoms with Gasteiger partial charge < -0.3 is 9.64 Å². The van der Waals surface area contributed by atoms with Gasteiger partial charge in [-0.05, 0) is 45.0 Å². The van der Waals surface area contributed by atoms with Gasteiger partial charge in [-0.3, -0.25) is 10.00 Å². The van der Waals surface area contributed by atoms with E-state index >= 15 is 0 Å². The van der Waals surface area contributed by atoms with Crippen molar-refractivity contribution in [2.24, 2.45) is 0 Å². The minimum Gasteiger partial charge on any atom is -0.444 e. The van der Waals surface area contributed by atoms with Crippen LogP contribution in [0.5, 0.6) is 0 Å². The molecule has 1 N–H and O–H groups in total. The van der Waals surface area contributed by atoms with Crippen LogP contribution >= 0.6 is 11.6 Å². The fourth-order valence-corrected chi connectivity index (χ4v) is 2.85. The van der Waals surface area contributed by atoms with Crippen molar-refractivity contribution in [2.75, 3.05) is 26.2 Å². The number of hydrogen-bond donors (Lipinski definition) is 1. The molecule has 1 aromatic heterocycles. The number of benzene rings is 1. The Labute approximate surface area is 158 Å². The Morgan fingerprint density at radius 1 is 1.19 bits per heavy atom. The van der Waals surface area contributed by atoms with E-state index in [1.807, 2.05) is 45.0 Å². The van der Waals surface area contributed by atoms with Gasteiger partial charge in [0.1, 0.15) is 11.4 Å². The number of nitrogens with zero attached hydrogens (tertiary/aromatic N) is 4. The molecule has 1 aliphatic rings. The molecule has 26 heavy (non-hydrogen) atoms. The van der Waals surface area contributed by atoms with Crippen LogP contribution in [0.4, 0.5) is 4.79 Å². The van der Waals surface area contributed by atoms with Gasteiger partial charge in [0.25, 0.3) is 0 Å². The van der Waals surface area contributed by atoms with E-state index in [0.717, 1.165) is 24.5 Å². The lowest BCUT2D eigenvalue weighted by atomic mass is 10.2. The molecule has 0 spiro atoms. The number of carbonyl (C=O) groups excluding carboxylic acids is 1. The summed E-state index contributed by atoms with van der Waals surface area (Å²) in [5.74, 6) is 1.46. The van der Waals surface area contributed by atoms with Crippen molar-refractivity contribution >= 4 is 17.7 Å². The van der Waals surface area contributed by atoms with Crippen LogP contribution in [0.15, 0.2) is 24.3 Å². The van der Waals surface area contributed by atoms with Gasteiger partial charge in [0.15, 0.2) is 5.82 Å². The number of carbonyl (C=O) groups is 1. The number of piperazine rings is 1. The molecule has 0 radical (unpaired) electrons. The molecule has 0 bridgehead atoms. The molecule has 1 saturated heterocycles. The van der Waals surface area contributed by atoms with Gasteiger partial charge in [0.05, 0.1) is 6.54 Å². The molecule has 3 rings (SSSR count). The molecule has 7 nitrogen and oxygen atoms in total. The molecule has 140 valence electrons. The van der Waals surface area contributed by atoms with Crippen molar-refractivity contribution in [3.05, 3.63) is 35.1 Å². The SMILES string of the molecule is CC(C)(C)OC(=O)N1CCN(Cc2nc(-c3ccc(Cl)cc3)n[nH]2)CC1. The zero-order valence-electron chi connectivity index (χ0n) is 15.3. The molecule has 2 aromatic rings. The number of amides is 1. The van der Waals surface area contributed by atoms with E-state index in [9.17, 15) is 4.79 Å². The molecular formula is C18H24ClN5O2. The van der Waals surface area contributed by atoms with Gasteiger partial charge in [-0.2, -0.15) is 5.10 Å². The number of ether oxygens (including phenoxy) is 1. The Kier molecular flexibility index (Phi) is 5.48. The highest BCUT2D eigenvalue weighted by molar-refractivity contribution is 6.30. The second-order valence-electron chi connectivity index (χ2n) is 7.36. The van der Waals surface area contributed by atoms with Crippen LogP contribution in [0.3, 0.4) is 0 Å². The van der Waals surface area contributed by atoms with Crippen LogP contribution in [0.2, 0.25) is 5.02 Å². The number of aromatic amines is 1. The Hall–Kier alpha value is -2.12. The molecular weight excluding hydrogens is 354 g/mol. The number of hydrogen-bond acceptors (Lipinski definition) is 5. The maximum absolute atomic E-state index is 12.1. The van der Waals surface area contributed by atoms with Crippen LogP contribution < -0.4 is 0 Å². The van der Waals surface area contributed by atoms with Crippen molar-refractivity contribution < 1.29 is 9.53 Å². The van der Waals surface area contributed by atoms with E-state index in [1.54, 1.807) is 4.90 Å². The topological polar surface area (TPSA) is 74.3 Å². The average Bonchev–Trinajstić information content (AvgIpc) is 3.03. The van der Waals surface area contributed by atoms with E-state index in [-0.39, 0.29) is 6.09 Å². The predicted octanol–water partition coefficient (Wildman–Crippen LogP) is 3.18. The summed E-state index contributed by atoms with van der Waals surface area (Å²) in [6.07, 6.45) is -0.248. The molecule has 0 unspecified atom stereocenters. The first-order valence-corrected chi connectivity index (χ1v) is 9.05. The van der Waals surface area contributed by atoms with Crippen molar-refractivity contribution in [3.63, 3.8) is 0 Å². The summed E-state index contributed by atoms with van der Waals surface area (Å²) in [5.41, 5.74) is 0.457. The number of rotatable bonds is 3. The van der Waals surface area contributed by atoms with Crippen molar-refractivity contribution in [3.8, 4) is 11.4 Å². The van der Waals surface area contributed by atoms with E-state index < -0.39 is 5.60 Å². The normalized spacial score (nSPS) is 15.9. The summed E-state index contributed by atoms with van der Waals surface area (Å²) in [4.78, 5) is 20.7. The highest BCUT2D eigenvalue weighted by Crippen LogP contribution is 2.18. The van der Waals surface area contributed by atoms with Crippen LogP contribution in [-0.4, -0.2) is 62.9 Å². The fraction of sp³-hybridized carbons (Fsp3) is 0.500. The summed E-state index contributed by atoms with van der Waals surface area (Å²) in [6, 6.07) is 7.44. The first-order valence-electron chi connectivity index (χ1n) is 8.68. The van der Waals surface area contributed by atoms with Crippen LogP contribution in [0, 0.1) is 0 Å². The average molecular weight is 378 g/mol. The first kappa shape index (κ1) is 18.7. The third-order valence-corrected chi connectivity index (χ3v) is 4.28. The molecule has 0 saturated carbocycles. The van der Waals surface area contributed by atoms with Crippen LogP contribution in [0.25, 0.3) is 11.4 Å². The molecule has 1 aliphatic heterocycles. The minimum absolute atomic E-state index is 0.248. The third-order valence-electron chi connectivity index (χ3n) is 4.03.